The van der Waals surface area contributed by atoms with Gasteiger partial charge in [-0.3, -0.25) is 4.79 Å². The van der Waals surface area contributed by atoms with Gasteiger partial charge in [0, 0.05) is 19.6 Å². The van der Waals surface area contributed by atoms with Crippen molar-refractivity contribution in [2.75, 3.05) is 20.6 Å². The van der Waals surface area contributed by atoms with Crippen LogP contribution in [0.15, 0.2) is 0 Å². The number of nitrogens with zero attached hydrogens (tertiary/aromatic N) is 1. The number of hydrogen-bond acceptors (Lipinski definition) is 2. The number of rotatable bonds is 4. The average Bonchev–Trinajstić information content (AvgIpc) is 2.42. The van der Waals surface area contributed by atoms with Gasteiger partial charge in [-0.05, 0) is 44.6 Å². The highest BCUT2D eigenvalue weighted by Crippen LogP contribution is 2.28. The first-order chi connectivity index (χ1) is 7.17. The van der Waals surface area contributed by atoms with Gasteiger partial charge in [0.2, 0.25) is 6.41 Å². The second-order valence-electron chi connectivity index (χ2n) is 4.92. The monoisotopic (exact) mass is 212 g/mol. The molecule has 0 aliphatic heterocycles. The molecule has 1 aliphatic carbocycles. The van der Waals surface area contributed by atoms with E-state index in [1.807, 2.05) is 14.1 Å². The summed E-state index contributed by atoms with van der Waals surface area (Å²) in [4.78, 5) is 12.4. The predicted molar refractivity (Wildman–Crippen MR) is 62.7 cm³/mol. The molecule has 3 heteroatoms. The van der Waals surface area contributed by atoms with Gasteiger partial charge in [0.15, 0.2) is 0 Å². The smallest absolute Gasteiger partial charge is 0.209 e. The highest BCUT2D eigenvalue weighted by Gasteiger charge is 2.24. The maximum Gasteiger partial charge on any atom is 0.209 e. The zero-order chi connectivity index (χ0) is 11.3. The molecule has 1 fully saturated rings. The molecule has 15 heavy (non-hydrogen) atoms. The largest absolute Gasteiger partial charge is 0.348 e. The van der Waals surface area contributed by atoms with Gasteiger partial charge in [-0.15, -0.1) is 0 Å². The van der Waals surface area contributed by atoms with E-state index in [0.29, 0.717) is 12.0 Å². The summed E-state index contributed by atoms with van der Waals surface area (Å²) in [5, 5.41) is 3.37. The minimum atomic E-state index is 0.679. The SMILES string of the molecule is CNC1CCC(C)C(CN(C)C=O)CC1. The average molecular weight is 212 g/mol. The Bertz CT molecular complexity index is 196. The number of carbonyl (C=O) groups is 1. The molecule has 0 spiro atoms. The fourth-order valence-electron chi connectivity index (χ4n) is 2.52. The summed E-state index contributed by atoms with van der Waals surface area (Å²) in [5.41, 5.74) is 0. The van der Waals surface area contributed by atoms with E-state index < -0.39 is 0 Å². The van der Waals surface area contributed by atoms with Crippen molar-refractivity contribution in [1.29, 1.82) is 0 Å². The first-order valence-corrected chi connectivity index (χ1v) is 6.00. The lowest BCUT2D eigenvalue weighted by atomic mass is 9.89. The quantitative estimate of drug-likeness (QED) is 0.565. The summed E-state index contributed by atoms with van der Waals surface area (Å²) >= 11 is 0. The van der Waals surface area contributed by atoms with E-state index in [0.717, 1.165) is 18.9 Å². The summed E-state index contributed by atoms with van der Waals surface area (Å²) in [5.74, 6) is 1.42. The van der Waals surface area contributed by atoms with E-state index in [1.165, 1.54) is 25.7 Å². The molecule has 0 aromatic rings. The van der Waals surface area contributed by atoms with E-state index in [-0.39, 0.29) is 0 Å². The minimum absolute atomic E-state index is 0.679. The topological polar surface area (TPSA) is 32.3 Å². The van der Waals surface area contributed by atoms with Crippen molar-refractivity contribution >= 4 is 6.41 Å². The van der Waals surface area contributed by atoms with Crippen molar-refractivity contribution in [3.63, 3.8) is 0 Å². The molecular weight excluding hydrogens is 188 g/mol. The van der Waals surface area contributed by atoms with Crippen LogP contribution >= 0.6 is 0 Å². The van der Waals surface area contributed by atoms with Crippen LogP contribution in [-0.2, 0) is 4.79 Å². The zero-order valence-corrected chi connectivity index (χ0v) is 10.2. The standard InChI is InChI=1S/C12H24N2O/c1-10-4-6-12(13-2)7-5-11(10)8-14(3)9-15/h9-13H,4-8H2,1-3H3. The summed E-state index contributed by atoms with van der Waals surface area (Å²) in [7, 11) is 3.92. The Balaban J connectivity index is 2.45. The first kappa shape index (κ1) is 12.5. The summed E-state index contributed by atoms with van der Waals surface area (Å²) < 4.78 is 0. The molecule has 88 valence electrons. The van der Waals surface area contributed by atoms with Crippen molar-refractivity contribution in [3.8, 4) is 0 Å². The van der Waals surface area contributed by atoms with Crippen molar-refractivity contribution < 1.29 is 4.79 Å². The van der Waals surface area contributed by atoms with Crippen molar-refractivity contribution in [3.05, 3.63) is 0 Å². The molecule has 1 aliphatic rings. The van der Waals surface area contributed by atoms with Gasteiger partial charge in [-0.2, -0.15) is 0 Å². The lowest BCUT2D eigenvalue weighted by Crippen LogP contribution is -2.28. The van der Waals surface area contributed by atoms with Gasteiger partial charge in [-0.1, -0.05) is 6.92 Å². The molecule has 0 heterocycles. The fraction of sp³-hybridized carbons (Fsp3) is 0.917. The summed E-state index contributed by atoms with van der Waals surface area (Å²) in [6.45, 7) is 3.24. The molecule has 1 rings (SSSR count). The van der Waals surface area contributed by atoms with Crippen LogP contribution < -0.4 is 5.32 Å². The first-order valence-electron chi connectivity index (χ1n) is 6.00. The molecule has 0 bridgehead atoms. The van der Waals surface area contributed by atoms with Crippen molar-refractivity contribution in [2.45, 2.75) is 38.6 Å². The van der Waals surface area contributed by atoms with Gasteiger partial charge < -0.3 is 10.2 Å². The summed E-state index contributed by atoms with van der Waals surface area (Å²) in [6.07, 6.45) is 5.98. The Kier molecular flexibility index (Phi) is 5.09. The van der Waals surface area contributed by atoms with Crippen LogP contribution in [0.5, 0.6) is 0 Å². The van der Waals surface area contributed by atoms with Gasteiger partial charge in [0.1, 0.15) is 0 Å². The Labute approximate surface area is 93.2 Å². The lowest BCUT2D eigenvalue weighted by Gasteiger charge is -2.24. The molecule has 3 unspecified atom stereocenters. The van der Waals surface area contributed by atoms with Crippen LogP contribution in [0.2, 0.25) is 0 Å². The number of carbonyl (C=O) groups excluding carboxylic acids is 1. The molecule has 1 amide bonds. The third-order valence-corrected chi connectivity index (χ3v) is 3.77. The lowest BCUT2D eigenvalue weighted by molar-refractivity contribution is -0.117. The summed E-state index contributed by atoms with van der Waals surface area (Å²) in [6, 6.07) is 0.680. The second kappa shape index (κ2) is 6.11. The molecule has 1 saturated carbocycles. The maximum absolute atomic E-state index is 10.6. The maximum atomic E-state index is 10.6. The molecule has 0 radical (unpaired) electrons. The molecule has 3 nitrogen and oxygen atoms in total. The Morgan fingerprint density at radius 3 is 2.60 bits per heavy atom. The van der Waals surface area contributed by atoms with Gasteiger partial charge in [0.25, 0.3) is 0 Å². The Hall–Kier alpha value is -0.570. The van der Waals surface area contributed by atoms with Crippen molar-refractivity contribution in [1.82, 2.24) is 10.2 Å². The van der Waals surface area contributed by atoms with Gasteiger partial charge in [0.05, 0.1) is 0 Å². The van der Waals surface area contributed by atoms with E-state index in [2.05, 4.69) is 12.2 Å². The predicted octanol–water partition coefficient (Wildman–Crippen LogP) is 1.49. The number of hydrogen-bond donors (Lipinski definition) is 1. The van der Waals surface area contributed by atoms with E-state index in [4.69, 9.17) is 0 Å². The zero-order valence-electron chi connectivity index (χ0n) is 10.2. The molecule has 0 saturated heterocycles. The highest BCUT2D eigenvalue weighted by atomic mass is 16.1. The van der Waals surface area contributed by atoms with Gasteiger partial charge in [-0.25, -0.2) is 0 Å². The van der Waals surface area contributed by atoms with E-state index in [9.17, 15) is 4.79 Å². The third kappa shape index (κ3) is 3.82. The van der Waals surface area contributed by atoms with Crippen LogP contribution in [-0.4, -0.2) is 38.0 Å². The third-order valence-electron chi connectivity index (χ3n) is 3.77. The minimum Gasteiger partial charge on any atom is -0.348 e. The van der Waals surface area contributed by atoms with Crippen LogP contribution in [0.25, 0.3) is 0 Å². The van der Waals surface area contributed by atoms with E-state index in [1.54, 1.807) is 4.90 Å². The molecule has 1 N–H and O–H groups in total. The van der Waals surface area contributed by atoms with Gasteiger partial charge >= 0.3 is 0 Å². The van der Waals surface area contributed by atoms with Crippen LogP contribution in [0.3, 0.4) is 0 Å². The van der Waals surface area contributed by atoms with Crippen LogP contribution in [0, 0.1) is 11.8 Å². The highest BCUT2D eigenvalue weighted by molar-refractivity contribution is 5.46. The molecule has 0 aromatic heterocycles. The van der Waals surface area contributed by atoms with E-state index >= 15 is 0 Å². The second-order valence-corrected chi connectivity index (χ2v) is 4.92. The van der Waals surface area contributed by atoms with Crippen LogP contribution in [0.4, 0.5) is 0 Å². The van der Waals surface area contributed by atoms with Crippen LogP contribution in [0.1, 0.15) is 32.6 Å². The molecule has 0 aromatic carbocycles. The number of nitrogens with one attached hydrogen (secondary N) is 1. The van der Waals surface area contributed by atoms with Crippen molar-refractivity contribution in [2.24, 2.45) is 11.8 Å². The fourth-order valence-corrected chi connectivity index (χ4v) is 2.52. The normalized spacial score (nSPS) is 32.1. The Morgan fingerprint density at radius 2 is 2.00 bits per heavy atom. The Morgan fingerprint density at radius 1 is 1.33 bits per heavy atom. The number of amides is 1. The molecular formula is C12H24N2O. The molecule has 3 atom stereocenters.